The first-order valence-electron chi connectivity index (χ1n) is 7.87. The molecule has 1 aromatic carbocycles. The number of fused-ring (bicyclic) bond motifs is 1. The Bertz CT molecular complexity index is 486. The highest BCUT2D eigenvalue weighted by molar-refractivity contribution is 5.85. The Hall–Kier alpha value is -1.51. The maximum atomic E-state index is 12.4. The lowest BCUT2D eigenvalue weighted by atomic mass is 9.87. The third-order valence-corrected chi connectivity index (χ3v) is 4.65. The van der Waals surface area contributed by atoms with Crippen molar-refractivity contribution >= 4 is 11.6 Å². The fourth-order valence-electron chi connectivity index (χ4n) is 3.50. The molecule has 20 heavy (non-hydrogen) atoms. The minimum atomic E-state index is -0.0675. The van der Waals surface area contributed by atoms with E-state index in [1.54, 1.807) is 0 Å². The van der Waals surface area contributed by atoms with Crippen molar-refractivity contribution in [3.05, 3.63) is 29.8 Å². The Balaban J connectivity index is 1.59. The van der Waals surface area contributed by atoms with Crippen LogP contribution in [0.4, 0.5) is 5.69 Å². The van der Waals surface area contributed by atoms with E-state index in [9.17, 15) is 4.79 Å². The molecular formula is C17H24N2O. The monoisotopic (exact) mass is 272 g/mol. The van der Waals surface area contributed by atoms with Crippen LogP contribution in [0.2, 0.25) is 0 Å². The van der Waals surface area contributed by atoms with Crippen molar-refractivity contribution in [2.75, 3.05) is 5.32 Å². The third kappa shape index (κ3) is 2.97. The van der Waals surface area contributed by atoms with Gasteiger partial charge in [-0.1, -0.05) is 38.0 Å². The fourth-order valence-corrected chi connectivity index (χ4v) is 3.50. The standard InChI is InChI=1S/C17H24N2O/c1-12-5-4-7-14(11-12)18-17(20)16-10-9-13-6-2-3-8-15(13)19-16/h2-3,6,8,12,14,16,19H,4-5,7,9-11H2,1H3,(H,18,20). The minimum absolute atomic E-state index is 0.0675. The molecule has 3 nitrogen and oxygen atoms in total. The van der Waals surface area contributed by atoms with Crippen LogP contribution in [0.3, 0.4) is 0 Å². The molecule has 1 aliphatic heterocycles. The second-order valence-corrected chi connectivity index (χ2v) is 6.37. The molecule has 1 fully saturated rings. The zero-order chi connectivity index (χ0) is 13.9. The van der Waals surface area contributed by atoms with Gasteiger partial charge in [0, 0.05) is 11.7 Å². The highest BCUT2D eigenvalue weighted by atomic mass is 16.2. The van der Waals surface area contributed by atoms with E-state index in [0.29, 0.717) is 6.04 Å². The van der Waals surface area contributed by atoms with E-state index in [0.717, 1.165) is 37.3 Å². The summed E-state index contributed by atoms with van der Waals surface area (Å²) in [6.45, 7) is 2.29. The number of hydrogen-bond acceptors (Lipinski definition) is 2. The number of anilines is 1. The summed E-state index contributed by atoms with van der Waals surface area (Å²) in [5.41, 5.74) is 2.44. The van der Waals surface area contributed by atoms with Gasteiger partial charge in [-0.25, -0.2) is 0 Å². The van der Waals surface area contributed by atoms with Gasteiger partial charge in [-0.3, -0.25) is 4.79 Å². The lowest BCUT2D eigenvalue weighted by Gasteiger charge is -2.31. The quantitative estimate of drug-likeness (QED) is 0.868. The number of aryl methyl sites for hydroxylation is 1. The fraction of sp³-hybridized carbons (Fsp3) is 0.588. The first kappa shape index (κ1) is 13.5. The Morgan fingerprint density at radius 1 is 1.25 bits per heavy atom. The number of rotatable bonds is 2. The second kappa shape index (κ2) is 5.86. The topological polar surface area (TPSA) is 41.1 Å². The van der Waals surface area contributed by atoms with Gasteiger partial charge in [0.05, 0.1) is 0 Å². The van der Waals surface area contributed by atoms with Crippen molar-refractivity contribution in [1.29, 1.82) is 0 Å². The van der Waals surface area contributed by atoms with Crippen molar-refractivity contribution < 1.29 is 4.79 Å². The van der Waals surface area contributed by atoms with Gasteiger partial charge in [0.2, 0.25) is 5.91 Å². The van der Waals surface area contributed by atoms with Crippen LogP contribution in [0, 0.1) is 5.92 Å². The van der Waals surface area contributed by atoms with E-state index in [1.165, 1.54) is 18.4 Å². The van der Waals surface area contributed by atoms with E-state index >= 15 is 0 Å². The average molecular weight is 272 g/mol. The molecule has 0 spiro atoms. The third-order valence-electron chi connectivity index (χ3n) is 4.65. The number of carbonyl (C=O) groups excluding carboxylic acids is 1. The lowest BCUT2D eigenvalue weighted by Crippen LogP contribution is -2.47. The Morgan fingerprint density at radius 3 is 2.95 bits per heavy atom. The number of amides is 1. The van der Waals surface area contributed by atoms with E-state index in [-0.39, 0.29) is 11.9 Å². The molecule has 3 unspecified atom stereocenters. The van der Waals surface area contributed by atoms with Crippen LogP contribution in [0.25, 0.3) is 0 Å². The zero-order valence-corrected chi connectivity index (χ0v) is 12.2. The number of hydrogen-bond donors (Lipinski definition) is 2. The Morgan fingerprint density at radius 2 is 2.10 bits per heavy atom. The molecule has 1 amide bonds. The average Bonchev–Trinajstić information content (AvgIpc) is 2.47. The van der Waals surface area contributed by atoms with Crippen LogP contribution in [0.15, 0.2) is 24.3 Å². The number of carbonyl (C=O) groups is 1. The molecule has 0 bridgehead atoms. The predicted molar refractivity (Wildman–Crippen MR) is 81.7 cm³/mol. The summed E-state index contributed by atoms with van der Waals surface area (Å²) in [5, 5.41) is 6.63. The van der Waals surface area contributed by atoms with Crippen LogP contribution in [-0.2, 0) is 11.2 Å². The minimum Gasteiger partial charge on any atom is -0.373 e. The number of nitrogens with one attached hydrogen (secondary N) is 2. The number of para-hydroxylation sites is 1. The molecule has 0 saturated heterocycles. The van der Waals surface area contributed by atoms with Crippen LogP contribution in [0.1, 0.15) is 44.6 Å². The summed E-state index contributed by atoms with van der Waals surface area (Å²) in [6.07, 6.45) is 6.70. The smallest absolute Gasteiger partial charge is 0.242 e. The van der Waals surface area contributed by atoms with Crippen LogP contribution >= 0.6 is 0 Å². The second-order valence-electron chi connectivity index (χ2n) is 6.37. The van der Waals surface area contributed by atoms with E-state index in [2.05, 4.69) is 35.8 Å². The summed E-state index contributed by atoms with van der Waals surface area (Å²) in [6, 6.07) is 8.60. The molecule has 1 aromatic rings. The molecule has 1 saturated carbocycles. The Labute approximate surface area is 121 Å². The molecule has 3 atom stereocenters. The molecule has 3 rings (SSSR count). The molecule has 1 aliphatic carbocycles. The highest BCUT2D eigenvalue weighted by Crippen LogP contribution is 2.26. The van der Waals surface area contributed by atoms with Crippen molar-refractivity contribution in [3.8, 4) is 0 Å². The van der Waals surface area contributed by atoms with Gasteiger partial charge < -0.3 is 10.6 Å². The molecule has 0 aromatic heterocycles. The van der Waals surface area contributed by atoms with Crippen LogP contribution < -0.4 is 10.6 Å². The molecule has 3 heteroatoms. The molecule has 1 heterocycles. The van der Waals surface area contributed by atoms with Crippen LogP contribution in [0.5, 0.6) is 0 Å². The van der Waals surface area contributed by atoms with Gasteiger partial charge in [-0.2, -0.15) is 0 Å². The lowest BCUT2D eigenvalue weighted by molar-refractivity contribution is -0.123. The van der Waals surface area contributed by atoms with E-state index < -0.39 is 0 Å². The van der Waals surface area contributed by atoms with Crippen molar-refractivity contribution in [2.24, 2.45) is 5.92 Å². The van der Waals surface area contributed by atoms with Gasteiger partial charge in [0.15, 0.2) is 0 Å². The molecule has 2 N–H and O–H groups in total. The molecule has 0 radical (unpaired) electrons. The van der Waals surface area contributed by atoms with Crippen molar-refractivity contribution in [2.45, 2.75) is 57.5 Å². The van der Waals surface area contributed by atoms with Crippen molar-refractivity contribution in [1.82, 2.24) is 5.32 Å². The molecular weight excluding hydrogens is 248 g/mol. The first-order chi connectivity index (χ1) is 9.72. The molecule has 2 aliphatic rings. The van der Waals surface area contributed by atoms with Gasteiger partial charge in [0.1, 0.15) is 6.04 Å². The summed E-state index contributed by atoms with van der Waals surface area (Å²) in [7, 11) is 0. The maximum Gasteiger partial charge on any atom is 0.242 e. The summed E-state index contributed by atoms with van der Waals surface area (Å²) in [4.78, 5) is 12.4. The van der Waals surface area contributed by atoms with E-state index in [4.69, 9.17) is 0 Å². The van der Waals surface area contributed by atoms with Gasteiger partial charge in [-0.05, 0) is 43.2 Å². The van der Waals surface area contributed by atoms with E-state index in [1.807, 2.05) is 6.07 Å². The largest absolute Gasteiger partial charge is 0.373 e. The van der Waals surface area contributed by atoms with Gasteiger partial charge in [0.25, 0.3) is 0 Å². The predicted octanol–water partition coefficient (Wildman–Crippen LogP) is 3.11. The zero-order valence-electron chi connectivity index (χ0n) is 12.2. The maximum absolute atomic E-state index is 12.4. The summed E-state index contributed by atoms with van der Waals surface area (Å²) >= 11 is 0. The SMILES string of the molecule is CC1CCCC(NC(=O)C2CCc3ccccc3N2)C1. The highest BCUT2D eigenvalue weighted by Gasteiger charge is 2.27. The van der Waals surface area contributed by atoms with Gasteiger partial charge in [-0.15, -0.1) is 0 Å². The molecule has 108 valence electrons. The van der Waals surface area contributed by atoms with Crippen molar-refractivity contribution in [3.63, 3.8) is 0 Å². The summed E-state index contributed by atoms with van der Waals surface area (Å²) in [5.74, 6) is 0.924. The van der Waals surface area contributed by atoms with Gasteiger partial charge >= 0.3 is 0 Å². The summed E-state index contributed by atoms with van der Waals surface area (Å²) < 4.78 is 0. The first-order valence-corrected chi connectivity index (χ1v) is 7.87. The Kier molecular flexibility index (Phi) is 3.95. The normalized spacial score (nSPS) is 29.1. The van der Waals surface area contributed by atoms with Crippen LogP contribution in [-0.4, -0.2) is 18.0 Å². The number of benzene rings is 1.